The lowest BCUT2D eigenvalue weighted by molar-refractivity contribution is -0.137. The number of rotatable bonds is 2. The molecule has 1 aromatic heterocycles. The molecule has 0 aliphatic rings. The molecular weight excluding hydrogens is 263 g/mol. The van der Waals surface area contributed by atoms with Crippen LogP contribution in [0.4, 0.5) is 19.2 Å². The second-order valence-corrected chi connectivity index (χ2v) is 3.68. The molecule has 0 bridgehead atoms. The van der Waals surface area contributed by atoms with Crippen molar-refractivity contribution in [1.82, 2.24) is 10.1 Å². The third-order valence-corrected chi connectivity index (χ3v) is 2.22. The van der Waals surface area contributed by atoms with Crippen LogP contribution in [0.1, 0.15) is 21.7 Å². The van der Waals surface area contributed by atoms with Crippen LogP contribution in [0, 0.1) is 6.92 Å². The van der Waals surface area contributed by atoms with Crippen LogP contribution < -0.4 is 5.32 Å². The van der Waals surface area contributed by atoms with Crippen molar-refractivity contribution in [3.63, 3.8) is 0 Å². The van der Waals surface area contributed by atoms with Crippen molar-refractivity contribution in [3.05, 3.63) is 41.2 Å². The van der Waals surface area contributed by atoms with Gasteiger partial charge in [0.25, 0.3) is 5.91 Å². The fraction of sp³-hybridized carbons (Fsp3) is 0.182. The van der Waals surface area contributed by atoms with Gasteiger partial charge >= 0.3 is 12.2 Å². The van der Waals surface area contributed by atoms with E-state index in [4.69, 9.17) is 0 Å². The summed E-state index contributed by atoms with van der Waals surface area (Å²) < 4.78 is 41.7. The summed E-state index contributed by atoms with van der Waals surface area (Å²) in [7, 11) is 0. The summed E-state index contributed by atoms with van der Waals surface area (Å²) in [6.07, 6.45) is -4.43. The minimum absolute atomic E-state index is 0.0591. The summed E-state index contributed by atoms with van der Waals surface area (Å²) in [6.45, 7) is 1.57. The minimum atomic E-state index is -4.43. The Hall–Kier alpha value is -2.38. The first-order chi connectivity index (χ1) is 8.86. The van der Waals surface area contributed by atoms with Gasteiger partial charge in [0.15, 0.2) is 5.82 Å². The third kappa shape index (κ3) is 3.09. The Balaban J connectivity index is 2.12. The summed E-state index contributed by atoms with van der Waals surface area (Å²) in [5.41, 5.74) is -0.762. The van der Waals surface area contributed by atoms with Crippen LogP contribution >= 0.6 is 0 Å². The van der Waals surface area contributed by atoms with Crippen molar-refractivity contribution in [2.75, 3.05) is 5.32 Å². The molecule has 0 atom stereocenters. The fourth-order valence-corrected chi connectivity index (χ4v) is 1.33. The molecule has 0 fully saturated rings. The van der Waals surface area contributed by atoms with E-state index in [0.29, 0.717) is 5.82 Å². The van der Waals surface area contributed by atoms with Gasteiger partial charge in [-0.25, -0.2) is 0 Å². The van der Waals surface area contributed by atoms with E-state index in [1.165, 1.54) is 0 Å². The monoisotopic (exact) mass is 271 g/mol. The summed E-state index contributed by atoms with van der Waals surface area (Å²) in [4.78, 5) is 15.4. The zero-order valence-electron chi connectivity index (χ0n) is 9.65. The highest BCUT2D eigenvalue weighted by atomic mass is 19.4. The molecule has 0 aliphatic heterocycles. The maximum Gasteiger partial charge on any atom is 0.416 e. The molecule has 0 radical (unpaired) electrons. The highest BCUT2D eigenvalue weighted by Crippen LogP contribution is 2.29. The number of nitrogens with zero attached hydrogens (tertiary/aromatic N) is 2. The van der Waals surface area contributed by atoms with Crippen LogP contribution in [-0.2, 0) is 6.18 Å². The van der Waals surface area contributed by atoms with Gasteiger partial charge in [0.2, 0.25) is 0 Å². The average Bonchev–Trinajstić information content (AvgIpc) is 2.74. The zero-order chi connectivity index (χ0) is 14.0. The normalized spacial score (nSPS) is 11.4. The number of aryl methyl sites for hydroxylation is 1. The van der Waals surface area contributed by atoms with Crippen LogP contribution in [0.2, 0.25) is 0 Å². The summed E-state index contributed by atoms with van der Waals surface area (Å²) in [6, 6.07) is 3.69. The van der Waals surface area contributed by atoms with Crippen LogP contribution in [0.5, 0.6) is 0 Å². The summed E-state index contributed by atoms with van der Waals surface area (Å²) in [5.74, 6) is -0.292. The standard InChI is InChI=1S/C11H8F3N3O2/c1-6-15-10(19-17-6)16-9(18)7-2-4-8(5-3-7)11(12,13)14/h2-5H,1H3,(H,15,16,17,18). The maximum atomic E-state index is 12.3. The molecule has 5 nitrogen and oxygen atoms in total. The summed E-state index contributed by atoms with van der Waals surface area (Å²) >= 11 is 0. The van der Waals surface area contributed by atoms with Gasteiger partial charge in [-0.1, -0.05) is 5.16 Å². The van der Waals surface area contributed by atoms with E-state index in [9.17, 15) is 18.0 Å². The quantitative estimate of drug-likeness (QED) is 0.911. The molecule has 100 valence electrons. The van der Waals surface area contributed by atoms with Gasteiger partial charge in [-0.15, -0.1) is 0 Å². The smallest absolute Gasteiger partial charge is 0.315 e. The zero-order valence-corrected chi connectivity index (χ0v) is 9.65. The number of aromatic nitrogens is 2. The molecule has 0 saturated heterocycles. The third-order valence-electron chi connectivity index (χ3n) is 2.22. The second kappa shape index (κ2) is 4.71. The van der Waals surface area contributed by atoms with E-state index in [2.05, 4.69) is 20.0 Å². The molecule has 0 unspecified atom stereocenters. The average molecular weight is 271 g/mol. The molecule has 1 N–H and O–H groups in total. The van der Waals surface area contributed by atoms with Gasteiger partial charge in [-0.3, -0.25) is 10.1 Å². The SMILES string of the molecule is Cc1noc(NC(=O)c2ccc(C(F)(F)F)cc2)n1. The Kier molecular flexibility index (Phi) is 3.24. The molecule has 2 aromatic rings. The second-order valence-electron chi connectivity index (χ2n) is 3.68. The number of hydrogen-bond acceptors (Lipinski definition) is 4. The molecular formula is C11H8F3N3O2. The number of halogens is 3. The van der Waals surface area contributed by atoms with E-state index < -0.39 is 17.6 Å². The van der Waals surface area contributed by atoms with Gasteiger partial charge < -0.3 is 4.52 Å². The van der Waals surface area contributed by atoms with Crippen LogP contribution in [0.15, 0.2) is 28.8 Å². The molecule has 0 spiro atoms. The number of carbonyl (C=O) groups excluding carboxylic acids is 1. The Morgan fingerprint density at radius 1 is 1.26 bits per heavy atom. The van der Waals surface area contributed by atoms with E-state index >= 15 is 0 Å². The van der Waals surface area contributed by atoms with E-state index in [1.807, 2.05) is 0 Å². The molecule has 1 amide bonds. The van der Waals surface area contributed by atoms with Gasteiger partial charge in [0, 0.05) is 5.56 Å². The van der Waals surface area contributed by atoms with E-state index in [-0.39, 0.29) is 11.6 Å². The minimum Gasteiger partial charge on any atom is -0.315 e. The van der Waals surface area contributed by atoms with Crippen molar-refractivity contribution < 1.29 is 22.5 Å². The number of alkyl halides is 3. The molecule has 0 saturated carbocycles. The van der Waals surface area contributed by atoms with Gasteiger partial charge in [-0.05, 0) is 31.2 Å². The molecule has 1 aromatic carbocycles. The van der Waals surface area contributed by atoms with Crippen LogP contribution in [0.3, 0.4) is 0 Å². The first-order valence-electron chi connectivity index (χ1n) is 5.15. The lowest BCUT2D eigenvalue weighted by atomic mass is 10.1. The lowest BCUT2D eigenvalue weighted by Crippen LogP contribution is -2.13. The topological polar surface area (TPSA) is 68.0 Å². The van der Waals surface area contributed by atoms with Crippen molar-refractivity contribution in [2.45, 2.75) is 13.1 Å². The highest BCUT2D eigenvalue weighted by molar-refractivity contribution is 6.03. The van der Waals surface area contributed by atoms with Gasteiger partial charge in [0.1, 0.15) is 0 Å². The molecule has 19 heavy (non-hydrogen) atoms. The summed E-state index contributed by atoms with van der Waals surface area (Å²) in [5, 5.41) is 5.74. The Morgan fingerprint density at radius 3 is 2.37 bits per heavy atom. The van der Waals surface area contributed by atoms with Crippen LogP contribution in [0.25, 0.3) is 0 Å². The number of hydrogen-bond donors (Lipinski definition) is 1. The highest BCUT2D eigenvalue weighted by Gasteiger charge is 2.30. The Bertz CT molecular complexity index is 590. The maximum absolute atomic E-state index is 12.3. The van der Waals surface area contributed by atoms with Gasteiger partial charge in [0.05, 0.1) is 5.56 Å². The fourth-order valence-electron chi connectivity index (χ4n) is 1.33. The first-order valence-corrected chi connectivity index (χ1v) is 5.15. The van der Waals surface area contributed by atoms with Crippen molar-refractivity contribution >= 4 is 11.9 Å². The first kappa shape index (κ1) is 13.1. The molecule has 1 heterocycles. The predicted octanol–water partition coefficient (Wildman–Crippen LogP) is 2.65. The Morgan fingerprint density at radius 2 is 1.89 bits per heavy atom. The lowest BCUT2D eigenvalue weighted by Gasteiger charge is -2.06. The molecule has 2 rings (SSSR count). The van der Waals surface area contributed by atoms with Gasteiger partial charge in [-0.2, -0.15) is 18.2 Å². The number of anilines is 1. The predicted molar refractivity (Wildman–Crippen MR) is 58.4 cm³/mol. The Labute approximate surface area is 105 Å². The number of amides is 1. The van der Waals surface area contributed by atoms with Crippen LogP contribution in [-0.4, -0.2) is 16.0 Å². The number of benzene rings is 1. The van der Waals surface area contributed by atoms with Crippen molar-refractivity contribution in [2.24, 2.45) is 0 Å². The van der Waals surface area contributed by atoms with E-state index in [0.717, 1.165) is 24.3 Å². The molecule has 8 heteroatoms. The number of carbonyl (C=O) groups is 1. The van der Waals surface area contributed by atoms with Crippen molar-refractivity contribution in [3.8, 4) is 0 Å². The van der Waals surface area contributed by atoms with E-state index in [1.54, 1.807) is 6.92 Å². The largest absolute Gasteiger partial charge is 0.416 e. The van der Waals surface area contributed by atoms with Crippen molar-refractivity contribution in [1.29, 1.82) is 0 Å². The number of nitrogens with one attached hydrogen (secondary N) is 1. The molecule has 0 aliphatic carbocycles.